The van der Waals surface area contributed by atoms with Crippen molar-refractivity contribution >= 4 is 57.9 Å². The van der Waals surface area contributed by atoms with E-state index in [2.05, 4.69) is 10.6 Å². The van der Waals surface area contributed by atoms with Crippen molar-refractivity contribution in [2.24, 2.45) is 0 Å². The zero-order valence-corrected chi connectivity index (χ0v) is 22.6. The Kier molecular flexibility index (Phi) is 9.27. The number of aliphatic hydroxyl groups is 1. The Labute approximate surface area is 235 Å². The number of rotatable bonds is 9. The number of nitrogens with one attached hydrogen (secondary N) is 2. The first kappa shape index (κ1) is 27.8. The number of ether oxygens (including phenoxy) is 1. The smallest absolute Gasteiger partial charge is 0.271 e. The lowest BCUT2D eigenvalue weighted by atomic mass is 10.1. The monoisotopic (exact) mass is 559 g/mol. The number of thioether (sulfide) groups is 1. The number of amides is 3. The van der Waals surface area contributed by atoms with Crippen LogP contribution in [0.4, 0.5) is 0 Å². The summed E-state index contributed by atoms with van der Waals surface area (Å²) in [4.78, 5) is 40.5. The number of carbonyl (C=O) groups excluding carboxylic acids is 3. The fraction of sp³-hybridized carbons (Fsp3) is 0.103. The first-order valence-corrected chi connectivity index (χ1v) is 13.1. The lowest BCUT2D eigenvalue weighted by molar-refractivity contribution is -0.121. The van der Waals surface area contributed by atoms with Gasteiger partial charge in [0.1, 0.15) is 10.1 Å². The molecule has 3 amide bonds. The highest BCUT2D eigenvalue weighted by Crippen LogP contribution is 2.32. The quantitative estimate of drug-likeness (QED) is 0.208. The van der Waals surface area contributed by atoms with E-state index in [9.17, 15) is 19.5 Å². The van der Waals surface area contributed by atoms with Crippen LogP contribution in [0.3, 0.4) is 0 Å². The molecular formula is C29H25N3O5S2. The topological polar surface area (TPSA) is 108 Å². The lowest BCUT2D eigenvalue weighted by Gasteiger charge is -2.17. The minimum absolute atomic E-state index is 0.00959. The van der Waals surface area contributed by atoms with Crippen LogP contribution in [0.1, 0.15) is 21.5 Å². The molecule has 8 nitrogen and oxygen atoms in total. The van der Waals surface area contributed by atoms with Crippen molar-refractivity contribution in [3.8, 4) is 5.75 Å². The van der Waals surface area contributed by atoms with Gasteiger partial charge in [0, 0.05) is 24.7 Å². The van der Waals surface area contributed by atoms with Crippen molar-refractivity contribution in [1.29, 1.82) is 0 Å². The number of benzene rings is 3. The third kappa shape index (κ3) is 6.99. The summed E-state index contributed by atoms with van der Waals surface area (Å²) in [6.07, 6.45) is 1.74. The highest BCUT2D eigenvalue weighted by atomic mass is 32.2. The molecule has 0 atom stereocenters. The molecule has 10 heteroatoms. The molecule has 1 aliphatic heterocycles. The van der Waals surface area contributed by atoms with E-state index in [-0.39, 0.29) is 30.5 Å². The van der Waals surface area contributed by atoms with Gasteiger partial charge in [0.2, 0.25) is 0 Å². The Morgan fingerprint density at radius 3 is 2.15 bits per heavy atom. The normalized spacial score (nSPS) is 14.7. The number of thiocarbonyl (C=S) groups is 1. The fourth-order valence-electron chi connectivity index (χ4n) is 3.54. The molecule has 0 unspecified atom stereocenters. The molecule has 0 spiro atoms. The number of aliphatic hydroxyl groups excluding tert-OH is 1. The Morgan fingerprint density at radius 1 is 0.974 bits per heavy atom. The first-order chi connectivity index (χ1) is 18.9. The Morgan fingerprint density at radius 2 is 1.59 bits per heavy atom. The molecule has 0 aliphatic carbocycles. The third-order valence-electron chi connectivity index (χ3n) is 5.55. The van der Waals surface area contributed by atoms with Crippen molar-refractivity contribution in [2.75, 3.05) is 20.2 Å². The second-order valence-electron chi connectivity index (χ2n) is 8.28. The molecule has 39 heavy (non-hydrogen) atoms. The van der Waals surface area contributed by atoms with Crippen LogP contribution in [0.5, 0.6) is 5.75 Å². The van der Waals surface area contributed by atoms with Gasteiger partial charge in [-0.25, -0.2) is 0 Å². The van der Waals surface area contributed by atoms with Crippen LogP contribution in [-0.2, 0) is 9.59 Å². The van der Waals surface area contributed by atoms with Crippen molar-refractivity contribution in [1.82, 2.24) is 15.5 Å². The Balaban J connectivity index is 1.69. The predicted octanol–water partition coefficient (Wildman–Crippen LogP) is 3.80. The van der Waals surface area contributed by atoms with Crippen LogP contribution in [0, 0.1) is 0 Å². The van der Waals surface area contributed by atoms with Crippen LogP contribution >= 0.6 is 24.0 Å². The predicted molar refractivity (Wildman–Crippen MR) is 155 cm³/mol. The van der Waals surface area contributed by atoms with Gasteiger partial charge in [0.15, 0.2) is 11.5 Å². The third-order valence-corrected chi connectivity index (χ3v) is 7.03. The molecule has 1 fully saturated rings. The lowest BCUT2D eigenvalue weighted by Crippen LogP contribution is -2.37. The molecule has 198 valence electrons. The molecule has 0 saturated carbocycles. The number of nitrogens with zero attached hydrogens (tertiary/aromatic N) is 1. The summed E-state index contributed by atoms with van der Waals surface area (Å²) >= 11 is 6.42. The van der Waals surface area contributed by atoms with Crippen LogP contribution in [-0.4, -0.2) is 52.2 Å². The van der Waals surface area contributed by atoms with Gasteiger partial charge < -0.3 is 20.5 Å². The Hall–Kier alpha value is -4.25. The maximum absolute atomic E-state index is 13.2. The SMILES string of the molecule is CN1C(=O)/C(=C/c2ccc(O/C(=C(\NC(=O)c3ccccc3)C(=O)NCCO)c3ccccc3)cc2)SC1=S. The minimum Gasteiger partial charge on any atom is -0.454 e. The van der Waals surface area contributed by atoms with Gasteiger partial charge >= 0.3 is 0 Å². The van der Waals surface area contributed by atoms with Crippen molar-refractivity contribution in [3.05, 3.63) is 112 Å². The second-order valence-corrected chi connectivity index (χ2v) is 9.96. The molecule has 3 aromatic rings. The number of hydrogen-bond acceptors (Lipinski definition) is 7. The summed E-state index contributed by atoms with van der Waals surface area (Å²) in [6, 6.07) is 24.3. The van der Waals surface area contributed by atoms with Crippen LogP contribution in [0.2, 0.25) is 0 Å². The van der Waals surface area contributed by atoms with E-state index in [0.29, 0.717) is 26.1 Å². The minimum atomic E-state index is -0.620. The van der Waals surface area contributed by atoms with E-state index >= 15 is 0 Å². The van der Waals surface area contributed by atoms with Crippen LogP contribution < -0.4 is 15.4 Å². The molecule has 0 aromatic heterocycles. The molecular weight excluding hydrogens is 534 g/mol. The second kappa shape index (κ2) is 13.0. The summed E-state index contributed by atoms with van der Waals surface area (Å²) in [6.45, 7) is -0.282. The van der Waals surface area contributed by atoms with E-state index in [4.69, 9.17) is 17.0 Å². The van der Waals surface area contributed by atoms with Gasteiger partial charge in [-0.1, -0.05) is 84.6 Å². The van der Waals surface area contributed by atoms with Gasteiger partial charge in [-0.15, -0.1) is 0 Å². The summed E-state index contributed by atoms with van der Waals surface area (Å²) < 4.78 is 6.69. The number of hydrogen-bond donors (Lipinski definition) is 3. The van der Waals surface area contributed by atoms with Crippen molar-refractivity contribution in [3.63, 3.8) is 0 Å². The van der Waals surface area contributed by atoms with E-state index in [0.717, 1.165) is 5.56 Å². The molecule has 0 bridgehead atoms. The van der Waals surface area contributed by atoms with E-state index in [1.54, 1.807) is 92.0 Å². The average Bonchev–Trinajstić information content (AvgIpc) is 3.21. The van der Waals surface area contributed by atoms with Crippen LogP contribution in [0.15, 0.2) is 95.5 Å². The zero-order valence-electron chi connectivity index (χ0n) is 20.9. The highest BCUT2D eigenvalue weighted by molar-refractivity contribution is 8.26. The Bertz CT molecular complexity index is 1440. The summed E-state index contributed by atoms with van der Waals surface area (Å²) in [5, 5.41) is 14.5. The van der Waals surface area contributed by atoms with E-state index < -0.39 is 11.8 Å². The van der Waals surface area contributed by atoms with Crippen molar-refractivity contribution in [2.45, 2.75) is 0 Å². The van der Waals surface area contributed by atoms with Gasteiger partial charge in [-0.2, -0.15) is 0 Å². The molecule has 1 saturated heterocycles. The highest BCUT2D eigenvalue weighted by Gasteiger charge is 2.28. The summed E-state index contributed by atoms with van der Waals surface area (Å²) in [7, 11) is 1.64. The number of carbonyl (C=O) groups is 3. The summed E-state index contributed by atoms with van der Waals surface area (Å²) in [5.41, 5.74) is 1.56. The van der Waals surface area contributed by atoms with Gasteiger partial charge in [-0.05, 0) is 35.9 Å². The van der Waals surface area contributed by atoms with Gasteiger partial charge in [0.05, 0.1) is 11.5 Å². The molecule has 3 N–H and O–H groups in total. The molecule has 4 rings (SSSR count). The molecule has 1 aliphatic rings. The van der Waals surface area contributed by atoms with Crippen molar-refractivity contribution < 1.29 is 24.2 Å². The molecule has 0 radical (unpaired) electrons. The molecule has 3 aromatic carbocycles. The van der Waals surface area contributed by atoms with Crippen LogP contribution in [0.25, 0.3) is 11.8 Å². The van der Waals surface area contributed by atoms with Gasteiger partial charge in [-0.3, -0.25) is 19.3 Å². The average molecular weight is 560 g/mol. The zero-order chi connectivity index (χ0) is 27.8. The standard InChI is InChI=1S/C29H25N3O5S2/c1-32-28(36)23(39-29(32)38)18-19-12-14-22(15-13-19)37-25(20-8-4-2-5-9-20)24(27(35)30-16-17-33)31-26(34)21-10-6-3-7-11-21/h2-15,18,33H,16-17H2,1H3,(H,30,35)(H,31,34)/b23-18-,25-24-. The fourth-order valence-corrected chi connectivity index (χ4v) is 4.72. The van der Waals surface area contributed by atoms with E-state index in [1.807, 2.05) is 6.07 Å². The van der Waals surface area contributed by atoms with Gasteiger partial charge in [0.25, 0.3) is 17.7 Å². The first-order valence-electron chi connectivity index (χ1n) is 11.9. The maximum Gasteiger partial charge on any atom is 0.271 e. The maximum atomic E-state index is 13.2. The molecule has 1 heterocycles. The largest absolute Gasteiger partial charge is 0.454 e. The number of likely N-dealkylation sites (N-methyl/N-ethyl adjacent to an activating group) is 1. The van der Waals surface area contributed by atoms with E-state index in [1.165, 1.54) is 16.7 Å². The summed E-state index contributed by atoms with van der Waals surface area (Å²) in [5.74, 6) is -0.756.